The van der Waals surface area contributed by atoms with E-state index in [9.17, 15) is 14.4 Å². The average Bonchev–Trinajstić information content (AvgIpc) is 2.65. The van der Waals surface area contributed by atoms with Crippen LogP contribution >= 0.6 is 0 Å². The van der Waals surface area contributed by atoms with Crippen molar-refractivity contribution in [2.75, 3.05) is 27.0 Å². The minimum atomic E-state index is -0.637. The number of nitrogens with zero attached hydrogens (tertiary/aromatic N) is 2. The van der Waals surface area contributed by atoms with Crippen LogP contribution in [0.15, 0.2) is 24.4 Å². The molecule has 130 valence electrons. The molecule has 0 saturated heterocycles. The molecule has 0 fully saturated rings. The SMILES string of the molecule is CNC(=O)c1nc(-c2cc(C(=O)OC)cc(C(=O)OC)c2)cnc1N. The number of benzene rings is 1. The summed E-state index contributed by atoms with van der Waals surface area (Å²) in [6.45, 7) is 0. The van der Waals surface area contributed by atoms with E-state index in [1.54, 1.807) is 0 Å². The van der Waals surface area contributed by atoms with Gasteiger partial charge in [-0.15, -0.1) is 0 Å². The van der Waals surface area contributed by atoms with Gasteiger partial charge < -0.3 is 20.5 Å². The molecule has 1 heterocycles. The summed E-state index contributed by atoms with van der Waals surface area (Å²) in [6, 6.07) is 4.27. The molecule has 1 aromatic heterocycles. The number of nitrogens with two attached hydrogens (primary N) is 1. The van der Waals surface area contributed by atoms with Crippen molar-refractivity contribution < 1.29 is 23.9 Å². The number of ether oxygens (including phenoxy) is 2. The standard InChI is InChI=1S/C16H16N4O5/c1-18-14(21)12-13(17)19-7-11(20-12)8-4-9(15(22)24-2)6-10(5-8)16(23)25-3/h4-7H,1-3H3,(H2,17,19)(H,18,21). The van der Waals surface area contributed by atoms with Gasteiger partial charge in [0.25, 0.3) is 5.91 Å². The van der Waals surface area contributed by atoms with Crippen LogP contribution in [-0.2, 0) is 9.47 Å². The lowest BCUT2D eigenvalue weighted by atomic mass is 10.0. The van der Waals surface area contributed by atoms with Crippen LogP contribution in [-0.4, -0.2) is 49.1 Å². The Morgan fingerprint density at radius 2 is 1.60 bits per heavy atom. The summed E-state index contributed by atoms with van der Waals surface area (Å²) in [5.74, 6) is -1.83. The Labute approximate surface area is 143 Å². The van der Waals surface area contributed by atoms with Gasteiger partial charge in [0.2, 0.25) is 0 Å². The molecule has 9 heteroatoms. The molecule has 0 aliphatic heterocycles. The predicted molar refractivity (Wildman–Crippen MR) is 87.9 cm³/mol. The van der Waals surface area contributed by atoms with Crippen molar-refractivity contribution in [2.45, 2.75) is 0 Å². The Hall–Kier alpha value is -3.49. The van der Waals surface area contributed by atoms with Crippen molar-refractivity contribution in [3.8, 4) is 11.3 Å². The summed E-state index contributed by atoms with van der Waals surface area (Å²) in [6.07, 6.45) is 1.33. The van der Waals surface area contributed by atoms with Gasteiger partial charge in [-0.2, -0.15) is 0 Å². The Morgan fingerprint density at radius 3 is 2.08 bits per heavy atom. The molecule has 3 N–H and O–H groups in total. The number of anilines is 1. The summed E-state index contributed by atoms with van der Waals surface area (Å²) in [7, 11) is 3.88. The van der Waals surface area contributed by atoms with Crippen LogP contribution in [0, 0.1) is 0 Å². The molecule has 0 aliphatic rings. The summed E-state index contributed by atoms with van der Waals surface area (Å²) < 4.78 is 9.37. The second-order valence-electron chi connectivity index (χ2n) is 4.85. The van der Waals surface area contributed by atoms with E-state index in [-0.39, 0.29) is 28.3 Å². The van der Waals surface area contributed by atoms with E-state index in [1.165, 1.54) is 45.7 Å². The topological polar surface area (TPSA) is 134 Å². The van der Waals surface area contributed by atoms with Gasteiger partial charge in [0.15, 0.2) is 11.5 Å². The number of hydrogen-bond donors (Lipinski definition) is 2. The van der Waals surface area contributed by atoms with Crippen molar-refractivity contribution in [1.29, 1.82) is 0 Å². The van der Waals surface area contributed by atoms with E-state index in [1.807, 2.05) is 0 Å². The van der Waals surface area contributed by atoms with E-state index in [2.05, 4.69) is 24.8 Å². The van der Waals surface area contributed by atoms with Crippen LogP contribution in [0.4, 0.5) is 5.82 Å². The third-order valence-electron chi connectivity index (χ3n) is 3.31. The van der Waals surface area contributed by atoms with Crippen molar-refractivity contribution in [3.63, 3.8) is 0 Å². The zero-order chi connectivity index (χ0) is 18.6. The lowest BCUT2D eigenvalue weighted by Crippen LogP contribution is -2.21. The summed E-state index contributed by atoms with van der Waals surface area (Å²) >= 11 is 0. The third kappa shape index (κ3) is 3.71. The van der Waals surface area contributed by atoms with Crippen LogP contribution < -0.4 is 11.1 Å². The molecular weight excluding hydrogens is 328 g/mol. The zero-order valence-electron chi connectivity index (χ0n) is 13.8. The lowest BCUT2D eigenvalue weighted by molar-refractivity contribution is 0.0599. The number of rotatable bonds is 4. The number of nitrogens with one attached hydrogen (secondary N) is 1. The van der Waals surface area contributed by atoms with Gasteiger partial charge in [0.1, 0.15) is 0 Å². The zero-order valence-corrected chi connectivity index (χ0v) is 13.8. The average molecular weight is 344 g/mol. The first kappa shape index (κ1) is 17.9. The smallest absolute Gasteiger partial charge is 0.337 e. The van der Waals surface area contributed by atoms with E-state index in [4.69, 9.17) is 5.73 Å². The fourth-order valence-electron chi connectivity index (χ4n) is 2.07. The molecule has 9 nitrogen and oxygen atoms in total. The molecule has 25 heavy (non-hydrogen) atoms. The predicted octanol–water partition coefficient (Wildman–Crippen LogP) is 0.659. The second kappa shape index (κ2) is 7.39. The minimum absolute atomic E-state index is 0.0413. The molecule has 0 atom stereocenters. The molecule has 0 saturated carbocycles. The van der Waals surface area contributed by atoms with Crippen LogP contribution in [0.3, 0.4) is 0 Å². The highest BCUT2D eigenvalue weighted by Crippen LogP contribution is 2.23. The lowest BCUT2D eigenvalue weighted by Gasteiger charge is -2.09. The van der Waals surface area contributed by atoms with Gasteiger partial charge in [0.05, 0.1) is 37.2 Å². The van der Waals surface area contributed by atoms with Crippen molar-refractivity contribution >= 4 is 23.7 Å². The fraction of sp³-hybridized carbons (Fsp3) is 0.188. The van der Waals surface area contributed by atoms with Crippen molar-refractivity contribution in [1.82, 2.24) is 15.3 Å². The van der Waals surface area contributed by atoms with Crippen LogP contribution in [0.2, 0.25) is 0 Å². The van der Waals surface area contributed by atoms with Crippen LogP contribution in [0.5, 0.6) is 0 Å². The minimum Gasteiger partial charge on any atom is -0.465 e. The highest BCUT2D eigenvalue weighted by Gasteiger charge is 2.17. The molecule has 1 amide bonds. The maximum atomic E-state index is 11.8. The first-order chi connectivity index (χ1) is 11.9. The fourth-order valence-corrected chi connectivity index (χ4v) is 2.07. The summed E-state index contributed by atoms with van der Waals surface area (Å²) in [5.41, 5.74) is 6.47. The van der Waals surface area contributed by atoms with Crippen LogP contribution in [0.25, 0.3) is 11.3 Å². The third-order valence-corrected chi connectivity index (χ3v) is 3.31. The first-order valence-electron chi connectivity index (χ1n) is 7.08. The van der Waals surface area contributed by atoms with Gasteiger partial charge in [-0.05, 0) is 18.2 Å². The quantitative estimate of drug-likeness (QED) is 0.773. The van der Waals surface area contributed by atoms with E-state index < -0.39 is 17.8 Å². The van der Waals surface area contributed by atoms with Gasteiger partial charge in [0, 0.05) is 12.6 Å². The Bertz CT molecular complexity index is 816. The maximum Gasteiger partial charge on any atom is 0.337 e. The molecule has 2 aromatic rings. The summed E-state index contributed by atoms with van der Waals surface area (Å²) in [5, 5.41) is 2.41. The summed E-state index contributed by atoms with van der Waals surface area (Å²) in [4.78, 5) is 43.6. The Morgan fingerprint density at radius 1 is 1.04 bits per heavy atom. The number of carbonyl (C=O) groups excluding carboxylic acids is 3. The molecule has 0 radical (unpaired) electrons. The van der Waals surface area contributed by atoms with Gasteiger partial charge >= 0.3 is 11.9 Å². The molecule has 0 aliphatic carbocycles. The van der Waals surface area contributed by atoms with Gasteiger partial charge in [-0.3, -0.25) is 4.79 Å². The van der Waals surface area contributed by atoms with Crippen LogP contribution in [0.1, 0.15) is 31.2 Å². The number of methoxy groups -OCH3 is 2. The maximum absolute atomic E-state index is 11.8. The number of esters is 2. The number of hydrogen-bond acceptors (Lipinski definition) is 8. The molecule has 0 spiro atoms. The Kier molecular flexibility index (Phi) is 5.28. The van der Waals surface area contributed by atoms with Crippen molar-refractivity contribution in [3.05, 3.63) is 41.2 Å². The van der Waals surface area contributed by atoms with Gasteiger partial charge in [-0.25, -0.2) is 19.6 Å². The number of aromatic nitrogens is 2. The molecule has 0 bridgehead atoms. The van der Waals surface area contributed by atoms with Gasteiger partial charge in [-0.1, -0.05) is 0 Å². The number of carbonyl (C=O) groups is 3. The monoisotopic (exact) mass is 344 g/mol. The second-order valence-corrected chi connectivity index (χ2v) is 4.85. The molecule has 0 unspecified atom stereocenters. The van der Waals surface area contributed by atoms with E-state index in [0.717, 1.165) is 0 Å². The normalized spacial score (nSPS) is 10.0. The largest absolute Gasteiger partial charge is 0.465 e. The van der Waals surface area contributed by atoms with Crippen molar-refractivity contribution in [2.24, 2.45) is 0 Å². The Balaban J connectivity index is 2.63. The molecular formula is C16H16N4O5. The number of amides is 1. The first-order valence-corrected chi connectivity index (χ1v) is 7.08. The molecule has 2 rings (SSSR count). The van der Waals surface area contributed by atoms with E-state index in [0.29, 0.717) is 5.56 Å². The number of nitrogen functional groups attached to an aromatic ring is 1. The van der Waals surface area contributed by atoms with E-state index >= 15 is 0 Å². The highest BCUT2D eigenvalue weighted by molar-refractivity contribution is 5.98. The highest BCUT2D eigenvalue weighted by atomic mass is 16.5. The molecule has 1 aromatic carbocycles.